The summed E-state index contributed by atoms with van der Waals surface area (Å²) < 4.78 is 0. The number of H-pyrrole nitrogens is 1. The van der Waals surface area contributed by atoms with Crippen molar-refractivity contribution in [1.82, 2.24) is 25.7 Å². The molecule has 4 N–H and O–H groups in total. The largest absolute Gasteiger partial charge is 0.361 e. The van der Waals surface area contributed by atoms with E-state index in [0.29, 0.717) is 13.1 Å². The molecule has 0 spiro atoms. The highest BCUT2D eigenvalue weighted by Gasteiger charge is 2.23. The number of rotatable bonds is 7. The van der Waals surface area contributed by atoms with E-state index in [2.05, 4.69) is 63.2 Å². The van der Waals surface area contributed by atoms with Crippen LogP contribution in [0.15, 0.2) is 83.9 Å². The summed E-state index contributed by atoms with van der Waals surface area (Å²) in [7, 11) is 0. The van der Waals surface area contributed by atoms with Crippen molar-refractivity contribution in [3.8, 4) is 0 Å². The molecule has 158 valence electrons. The Morgan fingerprint density at radius 3 is 2.68 bits per heavy atom. The summed E-state index contributed by atoms with van der Waals surface area (Å²) in [5.41, 5.74) is 10.5. The number of para-hydroxylation sites is 2. The summed E-state index contributed by atoms with van der Waals surface area (Å²) in [6.07, 6.45) is 9.62. The van der Waals surface area contributed by atoms with Crippen molar-refractivity contribution in [2.75, 3.05) is 0 Å². The number of aromatic nitrogens is 2. The summed E-state index contributed by atoms with van der Waals surface area (Å²) in [6, 6.07) is 16.6. The Labute approximate surface area is 182 Å². The molecule has 2 heterocycles. The van der Waals surface area contributed by atoms with Crippen molar-refractivity contribution >= 4 is 11.0 Å². The van der Waals surface area contributed by atoms with Crippen LogP contribution in [0.5, 0.6) is 0 Å². The third-order valence-electron chi connectivity index (χ3n) is 5.93. The number of nitrogens with one attached hydrogen (secondary N) is 3. The van der Waals surface area contributed by atoms with Crippen molar-refractivity contribution in [2.45, 2.75) is 38.9 Å². The molecule has 6 heteroatoms. The first-order valence-electron chi connectivity index (χ1n) is 10.8. The van der Waals surface area contributed by atoms with Gasteiger partial charge in [-0.25, -0.2) is 10.5 Å². The quantitative estimate of drug-likeness (QED) is 0.430. The highest BCUT2D eigenvalue weighted by molar-refractivity contribution is 5.74. The summed E-state index contributed by atoms with van der Waals surface area (Å²) in [4.78, 5) is 10.8. The summed E-state index contributed by atoms with van der Waals surface area (Å²) in [5, 5.41) is 12.4. The van der Waals surface area contributed by atoms with Crippen molar-refractivity contribution < 1.29 is 5.21 Å². The fraction of sp³-hybridized carbons (Fsp3) is 0.240. The first-order valence-corrected chi connectivity index (χ1v) is 10.8. The van der Waals surface area contributed by atoms with Crippen LogP contribution in [-0.4, -0.2) is 20.1 Å². The Balaban J connectivity index is 1.48. The zero-order valence-corrected chi connectivity index (χ0v) is 17.4. The number of aromatic amines is 1. The van der Waals surface area contributed by atoms with Gasteiger partial charge in [0.2, 0.25) is 0 Å². The van der Waals surface area contributed by atoms with E-state index in [0.717, 1.165) is 48.2 Å². The van der Waals surface area contributed by atoms with E-state index in [-0.39, 0.29) is 0 Å². The van der Waals surface area contributed by atoms with Crippen LogP contribution in [-0.2, 0) is 19.6 Å². The minimum atomic E-state index is 0.447. The van der Waals surface area contributed by atoms with Gasteiger partial charge >= 0.3 is 0 Å². The molecule has 6 nitrogen and oxygen atoms in total. The highest BCUT2D eigenvalue weighted by Crippen LogP contribution is 2.33. The number of imidazole rings is 1. The third kappa shape index (κ3) is 4.26. The Kier molecular flexibility index (Phi) is 5.56. The molecule has 0 saturated carbocycles. The standard InChI is InChI=1S/C25H27N5O/c31-27-15-18-10-12-19(13-11-18)16-30(17-24-28-21-7-1-2-8-22(21)29-24)23-9-3-5-20-6-4-14-26-25(20)23/h1-2,4,6-8,10-14,26-27,31H,3,5,9,15-17H2,(H,28,29). The molecule has 3 aromatic rings. The predicted octanol–water partition coefficient (Wildman–Crippen LogP) is 4.48. The molecule has 0 radical (unpaired) electrons. The first kappa shape index (κ1) is 19.6. The number of benzene rings is 2. The molecule has 0 bridgehead atoms. The number of hydrogen-bond acceptors (Lipinski definition) is 5. The van der Waals surface area contributed by atoms with Gasteiger partial charge in [-0.2, -0.15) is 0 Å². The van der Waals surface area contributed by atoms with Crippen molar-refractivity contribution in [3.63, 3.8) is 0 Å². The van der Waals surface area contributed by atoms with Gasteiger partial charge in [0.05, 0.1) is 23.3 Å². The highest BCUT2D eigenvalue weighted by atomic mass is 16.5. The second kappa shape index (κ2) is 8.79. The summed E-state index contributed by atoms with van der Waals surface area (Å²) in [6.45, 7) is 1.95. The second-order valence-corrected chi connectivity index (χ2v) is 8.08. The normalized spacial score (nSPS) is 15.6. The van der Waals surface area contributed by atoms with Crippen LogP contribution in [0.4, 0.5) is 0 Å². The third-order valence-corrected chi connectivity index (χ3v) is 5.93. The van der Waals surface area contributed by atoms with Gasteiger partial charge in [-0.05, 0) is 54.2 Å². The number of dihydropyridines is 1. The lowest BCUT2D eigenvalue weighted by Gasteiger charge is -2.34. The predicted molar refractivity (Wildman–Crippen MR) is 122 cm³/mol. The van der Waals surface area contributed by atoms with E-state index in [4.69, 9.17) is 10.2 Å². The molecule has 5 rings (SSSR count). The Bertz CT molecular complexity index is 1120. The maximum atomic E-state index is 8.95. The average Bonchev–Trinajstić information content (AvgIpc) is 3.22. The maximum absolute atomic E-state index is 8.95. The number of allylic oxidation sites excluding steroid dienone is 4. The average molecular weight is 414 g/mol. The molecule has 0 saturated heterocycles. The Hall–Kier alpha value is -3.35. The van der Waals surface area contributed by atoms with Crippen molar-refractivity contribution in [2.24, 2.45) is 0 Å². The summed E-state index contributed by atoms with van der Waals surface area (Å²) in [5.74, 6) is 0.970. The van der Waals surface area contributed by atoms with E-state index in [9.17, 15) is 0 Å². The van der Waals surface area contributed by atoms with Crippen LogP contribution in [0.3, 0.4) is 0 Å². The van der Waals surface area contributed by atoms with Crippen LogP contribution in [0.25, 0.3) is 11.0 Å². The molecule has 0 amide bonds. The van der Waals surface area contributed by atoms with Gasteiger partial charge in [0.15, 0.2) is 0 Å². The number of nitrogens with zero attached hydrogens (tertiary/aromatic N) is 2. The molecule has 0 fully saturated rings. The molecule has 0 atom stereocenters. The second-order valence-electron chi connectivity index (χ2n) is 8.08. The van der Waals surface area contributed by atoms with Crippen LogP contribution in [0.2, 0.25) is 0 Å². The van der Waals surface area contributed by atoms with Crippen molar-refractivity contribution in [1.29, 1.82) is 0 Å². The fourth-order valence-corrected chi connectivity index (χ4v) is 4.42. The maximum Gasteiger partial charge on any atom is 0.126 e. The van der Waals surface area contributed by atoms with E-state index >= 15 is 0 Å². The monoisotopic (exact) mass is 413 g/mol. The zero-order chi connectivity index (χ0) is 21.0. The molecule has 2 aromatic carbocycles. The van der Waals surface area contributed by atoms with Gasteiger partial charge < -0.3 is 20.4 Å². The minimum absolute atomic E-state index is 0.447. The number of fused-ring (bicyclic) bond motifs is 2. The lowest BCUT2D eigenvalue weighted by atomic mass is 9.93. The van der Waals surface area contributed by atoms with Gasteiger partial charge in [0.1, 0.15) is 5.82 Å². The van der Waals surface area contributed by atoms with Crippen LogP contribution in [0.1, 0.15) is 36.2 Å². The zero-order valence-electron chi connectivity index (χ0n) is 17.4. The smallest absolute Gasteiger partial charge is 0.126 e. The van der Waals surface area contributed by atoms with Crippen LogP contribution >= 0.6 is 0 Å². The SMILES string of the molecule is ONCc1ccc(CN(Cc2nc3ccccc3[nH]2)C2=C3NC=CC=C3CCC2)cc1. The van der Waals surface area contributed by atoms with Gasteiger partial charge in [-0.1, -0.05) is 42.5 Å². The van der Waals surface area contributed by atoms with Gasteiger partial charge in [-0.3, -0.25) is 0 Å². The van der Waals surface area contributed by atoms with E-state index in [1.807, 2.05) is 24.4 Å². The first-order chi connectivity index (χ1) is 15.3. The number of hydroxylamine groups is 1. The van der Waals surface area contributed by atoms with Crippen LogP contribution < -0.4 is 10.8 Å². The van der Waals surface area contributed by atoms with E-state index in [1.165, 1.54) is 22.5 Å². The molecule has 1 aliphatic carbocycles. The molecule has 2 aliphatic rings. The summed E-state index contributed by atoms with van der Waals surface area (Å²) >= 11 is 0. The lowest BCUT2D eigenvalue weighted by molar-refractivity contribution is 0.161. The Morgan fingerprint density at radius 1 is 1.00 bits per heavy atom. The molecular formula is C25H27N5O. The van der Waals surface area contributed by atoms with Crippen molar-refractivity contribution in [3.05, 3.63) is 101 Å². The molecule has 0 unspecified atom stereocenters. The molecule has 1 aliphatic heterocycles. The fourth-order valence-electron chi connectivity index (χ4n) is 4.42. The Morgan fingerprint density at radius 2 is 1.84 bits per heavy atom. The van der Waals surface area contributed by atoms with E-state index < -0.39 is 0 Å². The minimum Gasteiger partial charge on any atom is -0.361 e. The molecule has 31 heavy (non-hydrogen) atoms. The van der Waals surface area contributed by atoms with Gasteiger partial charge in [0.25, 0.3) is 0 Å². The van der Waals surface area contributed by atoms with Gasteiger partial charge in [0, 0.05) is 25.0 Å². The van der Waals surface area contributed by atoms with Crippen LogP contribution in [0, 0.1) is 0 Å². The topological polar surface area (TPSA) is 76.2 Å². The lowest BCUT2D eigenvalue weighted by Crippen LogP contribution is -2.29. The molecular weight excluding hydrogens is 386 g/mol. The molecule has 1 aromatic heterocycles. The van der Waals surface area contributed by atoms with E-state index in [1.54, 1.807) is 0 Å². The number of hydrogen-bond donors (Lipinski definition) is 4. The van der Waals surface area contributed by atoms with Gasteiger partial charge in [-0.15, -0.1) is 0 Å².